The summed E-state index contributed by atoms with van der Waals surface area (Å²) in [6.45, 7) is -0.665. The average Bonchev–Trinajstić information content (AvgIpc) is 2.15. The zero-order valence-corrected chi connectivity index (χ0v) is 11.3. The van der Waals surface area contributed by atoms with Crippen LogP contribution in [0.15, 0.2) is 16.6 Å². The van der Waals surface area contributed by atoms with Gasteiger partial charge >= 0.3 is 6.18 Å². The molecule has 1 aromatic rings. The van der Waals surface area contributed by atoms with Gasteiger partial charge in [0.2, 0.25) is 0 Å². The lowest BCUT2D eigenvalue weighted by Gasteiger charge is -2.11. The van der Waals surface area contributed by atoms with Crippen LogP contribution in [-0.2, 0) is 27.1 Å². The lowest BCUT2D eigenvalue weighted by atomic mass is 10.1. The molecular weight excluding hydrogens is 344 g/mol. The van der Waals surface area contributed by atoms with Crippen molar-refractivity contribution in [1.29, 1.82) is 0 Å². The number of halogens is 5. The molecule has 0 N–H and O–H groups in total. The molecule has 1 aromatic carbocycles. The normalized spacial score (nSPS) is 12.8. The minimum absolute atomic E-state index is 0.283. The predicted octanol–water partition coefficient (Wildman–Crippen LogP) is 3.08. The Bertz CT molecular complexity index is 554. The Morgan fingerprint density at radius 2 is 1.89 bits per heavy atom. The summed E-state index contributed by atoms with van der Waals surface area (Å²) in [5.41, 5.74) is -1.47. The van der Waals surface area contributed by atoms with Crippen LogP contribution in [0.25, 0.3) is 0 Å². The second-order valence-electron chi connectivity index (χ2n) is 3.39. The van der Waals surface area contributed by atoms with Crippen molar-refractivity contribution in [1.82, 2.24) is 0 Å². The van der Waals surface area contributed by atoms with Gasteiger partial charge in [-0.15, -0.1) is 0 Å². The first kappa shape index (κ1) is 15.4. The van der Waals surface area contributed by atoms with Gasteiger partial charge in [0, 0.05) is 10.0 Å². The van der Waals surface area contributed by atoms with Crippen LogP contribution in [0.2, 0.25) is 0 Å². The summed E-state index contributed by atoms with van der Waals surface area (Å²) in [6.07, 6.45) is -3.94. The van der Waals surface area contributed by atoms with Crippen LogP contribution in [0.5, 0.6) is 0 Å². The highest BCUT2D eigenvalue weighted by atomic mass is 79.9. The highest BCUT2D eigenvalue weighted by Gasteiger charge is 2.34. The highest BCUT2D eigenvalue weighted by molar-refractivity contribution is 9.10. The van der Waals surface area contributed by atoms with E-state index in [2.05, 4.69) is 20.1 Å². The lowest BCUT2D eigenvalue weighted by molar-refractivity contribution is -0.138. The second-order valence-corrected chi connectivity index (χ2v) is 5.89. The fraction of sp³-hybridized carbons (Fsp3) is 0.333. The summed E-state index contributed by atoms with van der Waals surface area (Å²) < 4.78 is 75.9. The molecule has 0 atom stereocenters. The number of hydrogen-bond acceptors (Lipinski definition) is 3. The van der Waals surface area contributed by atoms with Gasteiger partial charge in [-0.25, -0.2) is 4.39 Å². The van der Waals surface area contributed by atoms with E-state index in [4.69, 9.17) is 0 Å². The molecule has 0 aliphatic carbocycles. The topological polar surface area (TPSA) is 43.4 Å². The first-order valence-corrected chi connectivity index (χ1v) is 7.01. The van der Waals surface area contributed by atoms with Crippen molar-refractivity contribution in [2.45, 2.75) is 12.8 Å². The summed E-state index contributed by atoms with van der Waals surface area (Å²) in [4.78, 5) is 0. The standard InChI is InChI=1S/C9H7BrF4O3S/c1-18(15,16)17-4-5-2-7(10)6(3-8(5)11)9(12,13)14/h2-3H,4H2,1H3. The third-order valence-corrected chi connectivity index (χ3v) is 3.07. The second kappa shape index (κ2) is 5.14. The molecule has 0 spiro atoms. The van der Waals surface area contributed by atoms with Crippen LogP contribution in [-0.4, -0.2) is 14.7 Å². The van der Waals surface area contributed by atoms with Gasteiger partial charge in [-0.2, -0.15) is 21.6 Å². The molecule has 9 heteroatoms. The van der Waals surface area contributed by atoms with E-state index in [1.54, 1.807) is 0 Å². The maximum absolute atomic E-state index is 13.3. The largest absolute Gasteiger partial charge is 0.417 e. The molecule has 18 heavy (non-hydrogen) atoms. The van der Waals surface area contributed by atoms with Gasteiger partial charge in [0.1, 0.15) is 5.82 Å². The fourth-order valence-corrected chi connectivity index (χ4v) is 2.04. The molecule has 102 valence electrons. The van der Waals surface area contributed by atoms with E-state index >= 15 is 0 Å². The Labute approximate surface area is 109 Å². The molecule has 0 radical (unpaired) electrons. The zero-order chi connectivity index (χ0) is 14.1. The summed E-state index contributed by atoms with van der Waals surface area (Å²) in [5, 5.41) is 0. The Morgan fingerprint density at radius 3 is 2.33 bits per heavy atom. The van der Waals surface area contributed by atoms with Crippen molar-refractivity contribution in [3.63, 3.8) is 0 Å². The van der Waals surface area contributed by atoms with Crippen molar-refractivity contribution < 1.29 is 30.2 Å². The van der Waals surface area contributed by atoms with E-state index < -0.39 is 34.3 Å². The van der Waals surface area contributed by atoms with Gasteiger partial charge in [0.25, 0.3) is 10.1 Å². The summed E-state index contributed by atoms with van der Waals surface area (Å²) in [7, 11) is -3.79. The quantitative estimate of drug-likeness (QED) is 0.621. The Morgan fingerprint density at radius 1 is 1.33 bits per heavy atom. The highest BCUT2D eigenvalue weighted by Crippen LogP contribution is 2.36. The number of rotatable bonds is 3. The predicted molar refractivity (Wildman–Crippen MR) is 58.7 cm³/mol. The minimum Gasteiger partial charge on any atom is -0.265 e. The molecule has 0 aliphatic heterocycles. The Hall–Kier alpha value is -0.670. The SMILES string of the molecule is CS(=O)(=O)OCc1cc(Br)c(C(F)(F)F)cc1F. The van der Waals surface area contributed by atoms with E-state index in [1.807, 2.05) is 0 Å². The van der Waals surface area contributed by atoms with Crippen LogP contribution in [0.3, 0.4) is 0 Å². The zero-order valence-electron chi connectivity index (χ0n) is 8.88. The molecule has 0 aliphatic rings. The molecule has 1 rings (SSSR count). The molecule has 0 unspecified atom stereocenters. The number of hydrogen-bond donors (Lipinski definition) is 0. The molecule has 0 saturated carbocycles. The monoisotopic (exact) mass is 350 g/mol. The summed E-state index contributed by atoms with van der Waals surface area (Å²) >= 11 is 2.65. The minimum atomic E-state index is -4.70. The van der Waals surface area contributed by atoms with E-state index in [1.165, 1.54) is 0 Å². The van der Waals surface area contributed by atoms with Crippen molar-refractivity contribution in [3.8, 4) is 0 Å². The van der Waals surface area contributed by atoms with E-state index in [0.29, 0.717) is 0 Å². The molecule has 0 amide bonds. The van der Waals surface area contributed by atoms with Gasteiger partial charge in [-0.05, 0) is 12.1 Å². The van der Waals surface area contributed by atoms with Crippen molar-refractivity contribution in [3.05, 3.63) is 33.5 Å². The van der Waals surface area contributed by atoms with Crippen LogP contribution in [0.4, 0.5) is 17.6 Å². The van der Waals surface area contributed by atoms with Gasteiger partial charge in [0.15, 0.2) is 0 Å². The molecule has 0 saturated heterocycles. The molecule has 0 bridgehead atoms. The maximum atomic E-state index is 13.3. The van der Waals surface area contributed by atoms with Crippen LogP contribution in [0, 0.1) is 5.82 Å². The average molecular weight is 351 g/mol. The van der Waals surface area contributed by atoms with Crippen molar-refractivity contribution in [2.75, 3.05) is 6.26 Å². The number of benzene rings is 1. The van der Waals surface area contributed by atoms with Crippen molar-refractivity contribution in [2.24, 2.45) is 0 Å². The molecule has 3 nitrogen and oxygen atoms in total. The Kier molecular flexibility index (Phi) is 4.39. The fourth-order valence-electron chi connectivity index (χ4n) is 1.09. The summed E-state index contributed by atoms with van der Waals surface area (Å²) in [5.74, 6) is -1.19. The van der Waals surface area contributed by atoms with Gasteiger partial charge in [-0.3, -0.25) is 4.18 Å². The van der Waals surface area contributed by atoms with Crippen LogP contribution in [0.1, 0.15) is 11.1 Å². The Balaban J connectivity index is 3.08. The van der Waals surface area contributed by atoms with E-state index in [-0.39, 0.29) is 16.1 Å². The van der Waals surface area contributed by atoms with Gasteiger partial charge in [-0.1, -0.05) is 15.9 Å². The molecule has 0 fully saturated rings. The van der Waals surface area contributed by atoms with E-state index in [0.717, 1.165) is 12.3 Å². The molecule has 0 heterocycles. The number of alkyl halides is 3. The first-order chi connectivity index (χ1) is 8.00. The van der Waals surface area contributed by atoms with Crippen molar-refractivity contribution >= 4 is 26.0 Å². The van der Waals surface area contributed by atoms with Gasteiger partial charge < -0.3 is 0 Å². The molecular formula is C9H7BrF4O3S. The van der Waals surface area contributed by atoms with E-state index in [9.17, 15) is 26.0 Å². The van der Waals surface area contributed by atoms with Crippen LogP contribution < -0.4 is 0 Å². The third-order valence-electron chi connectivity index (χ3n) is 1.87. The first-order valence-electron chi connectivity index (χ1n) is 4.40. The van der Waals surface area contributed by atoms with Gasteiger partial charge in [0.05, 0.1) is 18.4 Å². The summed E-state index contributed by atoms with van der Waals surface area (Å²) in [6, 6.07) is 1.12. The third kappa shape index (κ3) is 4.21. The maximum Gasteiger partial charge on any atom is 0.417 e. The molecule has 0 aromatic heterocycles. The van der Waals surface area contributed by atoms with Crippen LogP contribution >= 0.6 is 15.9 Å². The smallest absolute Gasteiger partial charge is 0.265 e. The lowest BCUT2D eigenvalue weighted by Crippen LogP contribution is -2.09.